The van der Waals surface area contributed by atoms with Gasteiger partial charge in [0.2, 0.25) is 11.7 Å². The number of furan rings is 1. The number of amides is 1. The average Bonchev–Trinajstić information content (AvgIpc) is 3.14. The number of nitrogens with one attached hydrogen (secondary N) is 1. The van der Waals surface area contributed by atoms with Crippen LogP contribution in [-0.2, 0) is 29.5 Å². The lowest BCUT2D eigenvalue weighted by Crippen LogP contribution is -2.43. The quantitative estimate of drug-likeness (QED) is 0.848. The number of halogens is 3. The van der Waals surface area contributed by atoms with Gasteiger partial charge in [-0.1, -0.05) is 0 Å². The van der Waals surface area contributed by atoms with Crippen molar-refractivity contribution in [2.75, 3.05) is 6.54 Å². The standard InChI is InChI=1S/C18H22F3N3O3/c1-10-6-14(11(2)27-10)17(3,26)9-23-15(25)12-4-5-24-13(7-12)8-22-16(24)18(19,20)21/h6,8,12,26H,4-5,7,9H2,1-3H3,(H,23,25)/t12-,17+/m0/s1. The molecular formula is C18H22F3N3O3. The van der Waals surface area contributed by atoms with Crippen LogP contribution in [0.15, 0.2) is 16.7 Å². The van der Waals surface area contributed by atoms with Crippen molar-refractivity contribution >= 4 is 5.91 Å². The summed E-state index contributed by atoms with van der Waals surface area (Å²) < 4.78 is 45.3. The molecule has 148 valence electrons. The van der Waals surface area contributed by atoms with Crippen molar-refractivity contribution in [3.63, 3.8) is 0 Å². The molecule has 0 bridgehead atoms. The van der Waals surface area contributed by atoms with Gasteiger partial charge in [0.05, 0.1) is 6.54 Å². The Morgan fingerprint density at radius 1 is 1.44 bits per heavy atom. The molecule has 0 fully saturated rings. The molecule has 0 saturated heterocycles. The second-order valence-corrected chi connectivity index (χ2v) is 7.23. The van der Waals surface area contributed by atoms with E-state index < -0.39 is 23.5 Å². The van der Waals surface area contributed by atoms with Gasteiger partial charge in [0, 0.05) is 36.3 Å². The Morgan fingerprint density at radius 3 is 2.74 bits per heavy atom. The molecule has 2 aromatic heterocycles. The number of hydrogen-bond acceptors (Lipinski definition) is 4. The van der Waals surface area contributed by atoms with Crippen LogP contribution in [-0.4, -0.2) is 27.1 Å². The third-order valence-electron chi connectivity index (χ3n) is 4.95. The van der Waals surface area contributed by atoms with Crippen LogP contribution in [0.4, 0.5) is 13.2 Å². The summed E-state index contributed by atoms with van der Waals surface area (Å²) in [6.07, 6.45) is -2.87. The van der Waals surface area contributed by atoms with Crippen molar-refractivity contribution in [2.24, 2.45) is 5.92 Å². The third-order valence-corrected chi connectivity index (χ3v) is 4.95. The Balaban J connectivity index is 1.64. The average molecular weight is 385 g/mol. The highest BCUT2D eigenvalue weighted by molar-refractivity contribution is 5.79. The molecule has 2 aromatic rings. The summed E-state index contributed by atoms with van der Waals surface area (Å²) in [5, 5.41) is 13.4. The van der Waals surface area contributed by atoms with Gasteiger partial charge in [-0.25, -0.2) is 4.98 Å². The molecule has 0 unspecified atom stereocenters. The Morgan fingerprint density at radius 2 is 2.15 bits per heavy atom. The number of carbonyl (C=O) groups is 1. The van der Waals surface area contributed by atoms with Crippen molar-refractivity contribution in [3.05, 3.63) is 40.9 Å². The number of carbonyl (C=O) groups excluding carboxylic acids is 1. The van der Waals surface area contributed by atoms with Gasteiger partial charge in [-0.15, -0.1) is 0 Å². The first-order valence-electron chi connectivity index (χ1n) is 8.68. The normalized spacial score (nSPS) is 19.4. The molecule has 0 aromatic carbocycles. The maximum Gasteiger partial charge on any atom is 0.449 e. The molecule has 6 nitrogen and oxygen atoms in total. The highest BCUT2D eigenvalue weighted by Crippen LogP contribution is 2.32. The summed E-state index contributed by atoms with van der Waals surface area (Å²) in [4.78, 5) is 15.9. The second-order valence-electron chi connectivity index (χ2n) is 7.23. The van der Waals surface area contributed by atoms with Crippen LogP contribution < -0.4 is 5.32 Å². The van der Waals surface area contributed by atoms with Crippen molar-refractivity contribution in [1.29, 1.82) is 0 Å². The van der Waals surface area contributed by atoms with E-state index in [0.29, 0.717) is 22.8 Å². The first kappa shape index (κ1) is 19.5. The fourth-order valence-corrected chi connectivity index (χ4v) is 3.58. The van der Waals surface area contributed by atoms with E-state index >= 15 is 0 Å². The molecule has 3 heterocycles. The number of alkyl halides is 3. The number of imidazole rings is 1. The van der Waals surface area contributed by atoms with Crippen LogP contribution in [0.25, 0.3) is 0 Å². The molecule has 2 N–H and O–H groups in total. The summed E-state index contributed by atoms with van der Waals surface area (Å²) in [6.45, 7) is 5.15. The zero-order chi connectivity index (χ0) is 20.0. The van der Waals surface area contributed by atoms with E-state index in [9.17, 15) is 23.1 Å². The number of hydrogen-bond donors (Lipinski definition) is 2. The minimum absolute atomic E-state index is 0.0186. The van der Waals surface area contributed by atoms with E-state index in [0.717, 1.165) is 4.57 Å². The first-order chi connectivity index (χ1) is 12.5. The zero-order valence-corrected chi connectivity index (χ0v) is 15.4. The number of fused-ring (bicyclic) bond motifs is 1. The van der Waals surface area contributed by atoms with Gasteiger partial charge in [0.1, 0.15) is 17.1 Å². The van der Waals surface area contributed by atoms with Crippen molar-refractivity contribution in [2.45, 2.75) is 51.9 Å². The van der Waals surface area contributed by atoms with Crippen LogP contribution >= 0.6 is 0 Å². The monoisotopic (exact) mass is 385 g/mol. The number of aromatic nitrogens is 2. The van der Waals surface area contributed by atoms with E-state index in [4.69, 9.17) is 4.42 Å². The van der Waals surface area contributed by atoms with Crippen LogP contribution in [0.5, 0.6) is 0 Å². The Labute approximate surface area is 154 Å². The third kappa shape index (κ3) is 3.87. The van der Waals surface area contributed by atoms with Crippen LogP contribution in [0.2, 0.25) is 0 Å². The predicted octanol–water partition coefficient (Wildman–Crippen LogP) is 2.70. The molecule has 1 amide bonds. The van der Waals surface area contributed by atoms with Gasteiger partial charge in [-0.2, -0.15) is 13.2 Å². The zero-order valence-electron chi connectivity index (χ0n) is 15.4. The summed E-state index contributed by atoms with van der Waals surface area (Å²) in [5.41, 5.74) is -0.323. The number of aryl methyl sites for hydroxylation is 2. The summed E-state index contributed by atoms with van der Waals surface area (Å²) >= 11 is 0. The van der Waals surface area contributed by atoms with Gasteiger partial charge < -0.3 is 19.4 Å². The van der Waals surface area contributed by atoms with E-state index in [1.165, 1.54) is 6.20 Å². The maximum absolute atomic E-state index is 12.9. The highest BCUT2D eigenvalue weighted by Gasteiger charge is 2.39. The first-order valence-corrected chi connectivity index (χ1v) is 8.68. The van der Waals surface area contributed by atoms with Crippen LogP contribution in [0.3, 0.4) is 0 Å². The largest absolute Gasteiger partial charge is 0.466 e. The molecule has 0 spiro atoms. The molecular weight excluding hydrogens is 363 g/mol. The molecule has 0 radical (unpaired) electrons. The van der Waals surface area contributed by atoms with Gasteiger partial charge >= 0.3 is 6.18 Å². The molecule has 2 atom stereocenters. The molecule has 3 rings (SSSR count). The SMILES string of the molecule is Cc1cc([C@](C)(O)CNC(=O)[C@H]2CCn3c(cnc3C(F)(F)F)C2)c(C)o1. The lowest BCUT2D eigenvalue weighted by Gasteiger charge is -2.27. The minimum atomic E-state index is -4.51. The number of rotatable bonds is 4. The lowest BCUT2D eigenvalue weighted by molar-refractivity contribution is -0.147. The Kier molecular flexibility index (Phi) is 4.83. The summed E-state index contributed by atoms with van der Waals surface area (Å²) in [6, 6.07) is 1.72. The molecule has 27 heavy (non-hydrogen) atoms. The molecule has 9 heteroatoms. The lowest BCUT2D eigenvalue weighted by atomic mass is 9.93. The van der Waals surface area contributed by atoms with Gasteiger partial charge in [0.25, 0.3) is 0 Å². The highest BCUT2D eigenvalue weighted by atomic mass is 19.4. The summed E-state index contributed by atoms with van der Waals surface area (Å²) in [7, 11) is 0. The van der Waals surface area contributed by atoms with Crippen molar-refractivity contribution in [3.8, 4) is 0 Å². The second kappa shape index (κ2) is 6.70. The number of nitrogens with zero attached hydrogens (tertiary/aromatic N) is 2. The molecule has 0 aliphatic carbocycles. The van der Waals surface area contributed by atoms with Crippen molar-refractivity contribution < 1.29 is 27.5 Å². The Hall–Kier alpha value is -2.29. The Bertz CT molecular complexity index is 852. The fraction of sp³-hybridized carbons (Fsp3) is 0.556. The maximum atomic E-state index is 12.9. The topological polar surface area (TPSA) is 80.3 Å². The smallest absolute Gasteiger partial charge is 0.449 e. The van der Waals surface area contributed by atoms with E-state index in [1.54, 1.807) is 26.8 Å². The van der Waals surface area contributed by atoms with E-state index in [2.05, 4.69) is 10.3 Å². The predicted molar refractivity (Wildman–Crippen MR) is 89.8 cm³/mol. The van der Waals surface area contributed by atoms with E-state index in [1.807, 2.05) is 0 Å². The number of aliphatic hydroxyl groups is 1. The van der Waals surface area contributed by atoms with E-state index in [-0.39, 0.29) is 31.8 Å². The van der Waals surface area contributed by atoms with Crippen LogP contribution in [0, 0.1) is 19.8 Å². The van der Waals surface area contributed by atoms with Crippen LogP contribution in [0.1, 0.15) is 41.9 Å². The molecule has 1 aliphatic rings. The van der Waals surface area contributed by atoms with Crippen molar-refractivity contribution in [1.82, 2.24) is 14.9 Å². The van der Waals surface area contributed by atoms with Gasteiger partial charge in [-0.05, 0) is 33.3 Å². The minimum Gasteiger partial charge on any atom is -0.466 e. The fourth-order valence-electron chi connectivity index (χ4n) is 3.58. The summed E-state index contributed by atoms with van der Waals surface area (Å²) in [5.74, 6) is -0.444. The molecule has 0 saturated carbocycles. The van der Waals surface area contributed by atoms with Gasteiger partial charge in [0.15, 0.2) is 0 Å². The molecule has 1 aliphatic heterocycles. The van der Waals surface area contributed by atoms with Gasteiger partial charge in [-0.3, -0.25) is 4.79 Å².